The Labute approximate surface area is 191 Å². The molecule has 5 heteroatoms. The number of nitrogens with one attached hydrogen (secondary N) is 1. The minimum absolute atomic E-state index is 0.0864. The number of hydrogen-bond donors (Lipinski definition) is 1. The summed E-state index contributed by atoms with van der Waals surface area (Å²) in [6, 6.07) is 17.8. The Bertz CT molecular complexity index is 895. The molecule has 1 aliphatic heterocycles. The van der Waals surface area contributed by atoms with Gasteiger partial charge in [-0.25, -0.2) is 0 Å². The Morgan fingerprint density at radius 1 is 0.938 bits per heavy atom. The molecule has 0 spiro atoms. The molecule has 2 fully saturated rings. The molecule has 2 aliphatic rings. The van der Waals surface area contributed by atoms with E-state index in [0.717, 1.165) is 32.4 Å². The first-order chi connectivity index (χ1) is 15.6. The number of rotatable bonds is 7. The molecule has 32 heavy (non-hydrogen) atoms. The third-order valence-electron chi connectivity index (χ3n) is 7.05. The molecule has 4 rings (SSSR count). The first kappa shape index (κ1) is 22.4. The predicted octanol–water partition coefficient (Wildman–Crippen LogP) is 4.74. The van der Waals surface area contributed by atoms with Gasteiger partial charge in [-0.05, 0) is 74.4 Å². The quantitative estimate of drug-likeness (QED) is 0.642. The largest absolute Gasteiger partial charge is 0.375 e. The summed E-state index contributed by atoms with van der Waals surface area (Å²) >= 11 is 0. The summed E-state index contributed by atoms with van der Waals surface area (Å²) in [5, 5.41) is 2.99. The van der Waals surface area contributed by atoms with Crippen LogP contribution in [0, 0.1) is 5.92 Å². The van der Waals surface area contributed by atoms with Crippen LogP contribution in [0.15, 0.2) is 54.6 Å². The van der Waals surface area contributed by atoms with Crippen molar-refractivity contribution >= 4 is 17.5 Å². The van der Waals surface area contributed by atoms with E-state index in [1.807, 2.05) is 30.3 Å². The first-order valence-corrected chi connectivity index (χ1v) is 12.1. The van der Waals surface area contributed by atoms with Crippen molar-refractivity contribution in [3.8, 4) is 0 Å². The minimum Gasteiger partial charge on any atom is -0.375 e. The number of nitrogens with zero attached hydrogens (tertiary/aromatic N) is 2. The van der Waals surface area contributed by atoms with E-state index in [2.05, 4.69) is 34.3 Å². The highest BCUT2D eigenvalue weighted by Crippen LogP contribution is 2.35. The molecule has 1 saturated carbocycles. The van der Waals surface area contributed by atoms with Crippen molar-refractivity contribution in [2.75, 3.05) is 31.6 Å². The smallest absolute Gasteiger partial charge is 0.254 e. The molecule has 1 heterocycles. The van der Waals surface area contributed by atoms with E-state index in [4.69, 9.17) is 0 Å². The molecule has 2 atom stereocenters. The minimum atomic E-state index is -0.0864. The van der Waals surface area contributed by atoms with Gasteiger partial charge in [0.25, 0.3) is 11.8 Å². The van der Waals surface area contributed by atoms with Crippen molar-refractivity contribution in [3.05, 3.63) is 65.7 Å². The molecule has 0 bridgehead atoms. The van der Waals surface area contributed by atoms with Crippen LogP contribution in [0.5, 0.6) is 0 Å². The molecule has 5 nitrogen and oxygen atoms in total. The van der Waals surface area contributed by atoms with Gasteiger partial charge in [-0.15, -0.1) is 0 Å². The molecule has 2 amide bonds. The van der Waals surface area contributed by atoms with E-state index in [-0.39, 0.29) is 11.8 Å². The standard InChI is InChI=1S/C27H35N3O2/c1-29(24-11-3-2-4-12-24)19-8-18-28-26(31)22-14-16-23(17-15-22)27(32)30-20-7-10-21-9-5-6-13-25(21)30/h2-4,11-12,14-17,21,25H,5-10,13,18-20H2,1H3,(H,28,31)/t21-,25-/m0/s1. The summed E-state index contributed by atoms with van der Waals surface area (Å²) in [5.41, 5.74) is 2.47. The van der Waals surface area contributed by atoms with Crippen LogP contribution in [-0.2, 0) is 0 Å². The van der Waals surface area contributed by atoms with Crippen molar-refractivity contribution in [1.82, 2.24) is 10.2 Å². The van der Waals surface area contributed by atoms with E-state index in [1.165, 1.54) is 31.4 Å². The van der Waals surface area contributed by atoms with Crippen LogP contribution < -0.4 is 10.2 Å². The zero-order valence-electron chi connectivity index (χ0n) is 19.1. The van der Waals surface area contributed by atoms with Gasteiger partial charge in [-0.3, -0.25) is 9.59 Å². The number of fused-ring (bicyclic) bond motifs is 1. The van der Waals surface area contributed by atoms with Crippen LogP contribution in [0.3, 0.4) is 0 Å². The van der Waals surface area contributed by atoms with Gasteiger partial charge in [0.15, 0.2) is 0 Å². The Morgan fingerprint density at radius 2 is 1.62 bits per heavy atom. The molecule has 2 aromatic rings. The number of carbonyl (C=O) groups excluding carboxylic acids is 2. The lowest BCUT2D eigenvalue weighted by Crippen LogP contribution is -2.49. The van der Waals surface area contributed by atoms with Gasteiger partial charge < -0.3 is 15.1 Å². The van der Waals surface area contributed by atoms with E-state index < -0.39 is 0 Å². The fourth-order valence-electron chi connectivity index (χ4n) is 5.24. The van der Waals surface area contributed by atoms with E-state index in [1.54, 1.807) is 12.1 Å². The SMILES string of the molecule is CN(CCCNC(=O)c1ccc(C(=O)N2CCC[C@@H]3CCCC[C@@H]32)cc1)c1ccccc1. The molecule has 0 aromatic heterocycles. The van der Waals surface area contributed by atoms with Crippen molar-refractivity contribution in [2.45, 2.75) is 51.0 Å². The summed E-state index contributed by atoms with van der Waals surface area (Å²) in [6.45, 7) is 2.35. The Hall–Kier alpha value is -2.82. The second-order valence-electron chi connectivity index (χ2n) is 9.20. The Morgan fingerprint density at radius 3 is 2.41 bits per heavy atom. The maximum Gasteiger partial charge on any atom is 0.254 e. The van der Waals surface area contributed by atoms with Gasteiger partial charge in [0, 0.05) is 49.5 Å². The molecule has 1 N–H and O–H groups in total. The second-order valence-corrected chi connectivity index (χ2v) is 9.20. The van der Waals surface area contributed by atoms with Crippen LogP contribution in [-0.4, -0.2) is 49.4 Å². The normalized spacial score (nSPS) is 20.3. The Balaban J connectivity index is 1.26. The lowest BCUT2D eigenvalue weighted by molar-refractivity contribution is 0.0390. The van der Waals surface area contributed by atoms with Crippen molar-refractivity contribution in [3.63, 3.8) is 0 Å². The number of likely N-dealkylation sites (tertiary alicyclic amines) is 1. The summed E-state index contributed by atoms with van der Waals surface area (Å²) in [7, 11) is 2.06. The maximum atomic E-state index is 13.1. The highest BCUT2D eigenvalue weighted by Gasteiger charge is 2.35. The Kier molecular flexibility index (Phi) is 7.46. The number of amides is 2. The third-order valence-corrected chi connectivity index (χ3v) is 7.05. The van der Waals surface area contributed by atoms with E-state index in [9.17, 15) is 9.59 Å². The first-order valence-electron chi connectivity index (χ1n) is 12.1. The highest BCUT2D eigenvalue weighted by molar-refractivity contribution is 5.98. The fourth-order valence-corrected chi connectivity index (χ4v) is 5.24. The fraction of sp³-hybridized carbons (Fsp3) is 0.481. The van der Waals surface area contributed by atoms with Crippen LogP contribution in [0.4, 0.5) is 5.69 Å². The van der Waals surface area contributed by atoms with Crippen LogP contribution in [0.25, 0.3) is 0 Å². The summed E-state index contributed by atoms with van der Waals surface area (Å²) in [6.07, 6.45) is 8.15. The zero-order valence-corrected chi connectivity index (χ0v) is 19.1. The van der Waals surface area contributed by atoms with E-state index in [0.29, 0.717) is 29.6 Å². The van der Waals surface area contributed by atoms with Gasteiger partial charge in [0.05, 0.1) is 0 Å². The number of benzene rings is 2. The topological polar surface area (TPSA) is 52.7 Å². The maximum absolute atomic E-state index is 13.1. The van der Waals surface area contributed by atoms with Gasteiger partial charge in [-0.1, -0.05) is 31.0 Å². The van der Waals surface area contributed by atoms with Gasteiger partial charge >= 0.3 is 0 Å². The summed E-state index contributed by atoms with van der Waals surface area (Å²) in [5.74, 6) is 0.710. The average Bonchev–Trinajstić information content (AvgIpc) is 2.86. The van der Waals surface area contributed by atoms with Gasteiger partial charge in [0.1, 0.15) is 0 Å². The molecule has 0 radical (unpaired) electrons. The summed E-state index contributed by atoms with van der Waals surface area (Å²) in [4.78, 5) is 29.9. The summed E-state index contributed by atoms with van der Waals surface area (Å²) < 4.78 is 0. The number of para-hydroxylation sites is 1. The lowest BCUT2D eigenvalue weighted by Gasteiger charge is -2.44. The van der Waals surface area contributed by atoms with Crippen LogP contribution >= 0.6 is 0 Å². The lowest BCUT2D eigenvalue weighted by atomic mass is 9.78. The monoisotopic (exact) mass is 433 g/mol. The molecule has 1 saturated heterocycles. The van der Waals surface area contributed by atoms with Crippen molar-refractivity contribution in [1.29, 1.82) is 0 Å². The molecule has 1 aliphatic carbocycles. The third kappa shape index (κ3) is 5.32. The molecular formula is C27H35N3O2. The highest BCUT2D eigenvalue weighted by atomic mass is 16.2. The van der Waals surface area contributed by atoms with Crippen molar-refractivity contribution in [2.24, 2.45) is 5.92 Å². The number of carbonyl (C=O) groups is 2. The van der Waals surface area contributed by atoms with E-state index >= 15 is 0 Å². The molecular weight excluding hydrogens is 398 g/mol. The number of piperidine rings is 1. The zero-order chi connectivity index (χ0) is 22.3. The number of anilines is 1. The second kappa shape index (κ2) is 10.7. The average molecular weight is 434 g/mol. The predicted molar refractivity (Wildman–Crippen MR) is 129 cm³/mol. The van der Waals surface area contributed by atoms with Gasteiger partial charge in [0.2, 0.25) is 0 Å². The molecule has 170 valence electrons. The molecule has 2 aromatic carbocycles. The number of hydrogen-bond acceptors (Lipinski definition) is 3. The van der Waals surface area contributed by atoms with Crippen LogP contribution in [0.2, 0.25) is 0 Å². The van der Waals surface area contributed by atoms with Gasteiger partial charge in [-0.2, -0.15) is 0 Å². The van der Waals surface area contributed by atoms with Crippen molar-refractivity contribution < 1.29 is 9.59 Å². The molecule has 0 unspecified atom stereocenters. The van der Waals surface area contributed by atoms with Crippen LogP contribution in [0.1, 0.15) is 65.7 Å².